The van der Waals surface area contributed by atoms with Gasteiger partial charge in [0.15, 0.2) is 0 Å². The number of hydrogen-bond donors (Lipinski definition) is 0. The summed E-state index contributed by atoms with van der Waals surface area (Å²) in [5.74, 6) is 0. The van der Waals surface area contributed by atoms with Crippen molar-refractivity contribution in [2.75, 3.05) is 0 Å². The molecule has 0 amide bonds. The Morgan fingerprint density at radius 1 is 1.20 bits per heavy atom. The number of hydrogen-bond acceptors (Lipinski definition) is 1. The molecule has 1 aromatic heterocycles. The fourth-order valence-corrected chi connectivity index (χ4v) is 1.37. The summed E-state index contributed by atoms with van der Waals surface area (Å²) in [7, 11) is 0. The molecule has 0 aliphatic heterocycles. The molecule has 0 atom stereocenters. The molecule has 0 aliphatic carbocycles. The molecule has 0 saturated carbocycles. The van der Waals surface area contributed by atoms with Crippen molar-refractivity contribution < 1.29 is 64.3 Å². The standard InChI is InChI=1S/C8H7BF3N2.K/c10-9(11,12)6-14-8-4-2-1-3-7(8)5-13-14;/h1-5H,6H2;/q-1;+1. The summed E-state index contributed by atoms with van der Waals surface area (Å²) >= 11 is 0. The molecule has 0 bridgehead atoms. The van der Waals surface area contributed by atoms with Gasteiger partial charge in [-0.25, -0.2) is 0 Å². The van der Waals surface area contributed by atoms with E-state index in [1.807, 2.05) is 0 Å². The van der Waals surface area contributed by atoms with E-state index in [4.69, 9.17) is 0 Å². The summed E-state index contributed by atoms with van der Waals surface area (Å²) < 4.78 is 37.4. The first kappa shape index (κ1) is 13.2. The van der Waals surface area contributed by atoms with Crippen LogP contribution < -0.4 is 51.4 Å². The van der Waals surface area contributed by atoms with E-state index in [2.05, 4.69) is 5.10 Å². The average Bonchev–Trinajstić information content (AvgIpc) is 2.47. The van der Waals surface area contributed by atoms with Crippen molar-refractivity contribution in [3.63, 3.8) is 0 Å². The van der Waals surface area contributed by atoms with Gasteiger partial charge in [0.1, 0.15) is 0 Å². The number of rotatable bonds is 2. The maximum atomic E-state index is 12.1. The molecule has 0 radical (unpaired) electrons. The molecule has 15 heavy (non-hydrogen) atoms. The third kappa shape index (κ3) is 3.32. The Bertz CT molecular complexity index is 454. The van der Waals surface area contributed by atoms with Crippen LogP contribution in [-0.4, -0.2) is 16.8 Å². The molecule has 7 heteroatoms. The normalized spacial score (nSPS) is 11.4. The van der Waals surface area contributed by atoms with E-state index in [9.17, 15) is 12.9 Å². The molecule has 2 rings (SSSR count). The molecule has 0 saturated heterocycles. The van der Waals surface area contributed by atoms with Crippen LogP contribution in [0.25, 0.3) is 10.9 Å². The second kappa shape index (κ2) is 5.01. The summed E-state index contributed by atoms with van der Waals surface area (Å²) in [6.45, 7) is -4.84. The van der Waals surface area contributed by atoms with Gasteiger partial charge in [0.25, 0.3) is 0 Å². The van der Waals surface area contributed by atoms with Crippen LogP contribution in [0.5, 0.6) is 0 Å². The molecule has 0 aliphatic rings. The van der Waals surface area contributed by atoms with Gasteiger partial charge in [-0.15, -0.1) is 0 Å². The summed E-state index contributed by atoms with van der Waals surface area (Å²) in [6, 6.07) is 6.84. The largest absolute Gasteiger partial charge is 1.00 e. The quantitative estimate of drug-likeness (QED) is 0.640. The van der Waals surface area contributed by atoms with Gasteiger partial charge in [-0.1, -0.05) is 18.2 Å². The van der Waals surface area contributed by atoms with Crippen LogP contribution in [0, 0.1) is 0 Å². The minimum absolute atomic E-state index is 0. The monoisotopic (exact) mass is 238 g/mol. The van der Waals surface area contributed by atoms with Gasteiger partial charge in [-0.05, 0) is 6.07 Å². The summed E-state index contributed by atoms with van der Waals surface area (Å²) in [5, 5.41) is 4.42. The third-order valence-corrected chi connectivity index (χ3v) is 1.93. The van der Waals surface area contributed by atoms with Gasteiger partial charge in [0.05, 0.1) is 11.7 Å². The predicted octanol–water partition coefficient (Wildman–Crippen LogP) is -0.573. The second-order valence-electron chi connectivity index (χ2n) is 3.10. The van der Waals surface area contributed by atoms with E-state index in [-0.39, 0.29) is 51.4 Å². The molecular weight excluding hydrogens is 231 g/mol. The van der Waals surface area contributed by atoms with Gasteiger partial charge in [-0.3, -0.25) is 4.68 Å². The van der Waals surface area contributed by atoms with Gasteiger partial charge in [0.2, 0.25) is 0 Å². The van der Waals surface area contributed by atoms with E-state index in [1.54, 1.807) is 24.3 Å². The van der Waals surface area contributed by atoms with Crippen LogP contribution in [-0.2, 0) is 6.44 Å². The smallest absolute Gasteiger partial charge is 0.448 e. The fourth-order valence-electron chi connectivity index (χ4n) is 1.37. The molecule has 0 spiro atoms. The van der Waals surface area contributed by atoms with Crippen LogP contribution in [0.3, 0.4) is 0 Å². The van der Waals surface area contributed by atoms with Crippen LogP contribution in [0.2, 0.25) is 0 Å². The molecule has 74 valence electrons. The number of fused-ring (bicyclic) bond motifs is 1. The minimum atomic E-state index is -4.84. The Morgan fingerprint density at radius 2 is 1.87 bits per heavy atom. The van der Waals surface area contributed by atoms with Crippen molar-refractivity contribution in [3.8, 4) is 0 Å². The zero-order valence-electron chi connectivity index (χ0n) is 8.20. The molecular formula is C8H7BF3KN2. The Morgan fingerprint density at radius 3 is 2.53 bits per heavy atom. The van der Waals surface area contributed by atoms with Crippen molar-refractivity contribution in [2.45, 2.75) is 6.44 Å². The molecule has 0 unspecified atom stereocenters. The van der Waals surface area contributed by atoms with Crippen molar-refractivity contribution in [1.29, 1.82) is 0 Å². The van der Waals surface area contributed by atoms with Gasteiger partial charge in [-0.2, -0.15) is 5.10 Å². The number of para-hydroxylation sites is 1. The fraction of sp³-hybridized carbons (Fsp3) is 0.125. The minimum Gasteiger partial charge on any atom is -0.448 e. The third-order valence-electron chi connectivity index (χ3n) is 1.93. The van der Waals surface area contributed by atoms with Crippen LogP contribution in [0.1, 0.15) is 0 Å². The van der Waals surface area contributed by atoms with E-state index < -0.39 is 13.4 Å². The number of nitrogens with zero attached hydrogens (tertiary/aromatic N) is 2. The average molecular weight is 238 g/mol. The summed E-state index contributed by atoms with van der Waals surface area (Å²) in [6.07, 6.45) is 0.463. The SMILES string of the molecule is F[B-](F)(F)Cn1ncc2ccccc21.[K+]. The molecule has 2 nitrogen and oxygen atoms in total. The summed E-state index contributed by atoms with van der Waals surface area (Å²) in [5.41, 5.74) is 0.520. The molecule has 1 aromatic carbocycles. The van der Waals surface area contributed by atoms with Crippen LogP contribution in [0.15, 0.2) is 30.5 Å². The summed E-state index contributed by atoms with van der Waals surface area (Å²) in [4.78, 5) is 0. The van der Waals surface area contributed by atoms with Crippen LogP contribution >= 0.6 is 0 Å². The Kier molecular flexibility index (Phi) is 4.42. The zero-order valence-corrected chi connectivity index (χ0v) is 11.3. The number of benzene rings is 1. The Hall–Kier alpha value is 0.181. The van der Waals surface area contributed by atoms with Gasteiger partial charge < -0.3 is 12.9 Å². The maximum absolute atomic E-state index is 12.1. The Labute approximate surface area is 127 Å². The van der Waals surface area contributed by atoms with E-state index in [1.165, 1.54) is 6.20 Å². The second-order valence-corrected chi connectivity index (χ2v) is 3.10. The predicted molar refractivity (Wildman–Crippen MR) is 48.8 cm³/mol. The number of halogens is 3. The van der Waals surface area contributed by atoms with Crippen molar-refractivity contribution in [2.24, 2.45) is 0 Å². The van der Waals surface area contributed by atoms with Crippen molar-refractivity contribution in [1.82, 2.24) is 9.78 Å². The molecule has 1 heterocycles. The van der Waals surface area contributed by atoms with Crippen LogP contribution in [0.4, 0.5) is 12.9 Å². The number of aromatic nitrogens is 2. The molecule has 2 aromatic rings. The first-order chi connectivity index (χ1) is 6.56. The zero-order chi connectivity index (χ0) is 10.2. The van der Waals surface area contributed by atoms with Gasteiger partial charge >= 0.3 is 58.4 Å². The molecule has 0 fully saturated rings. The maximum Gasteiger partial charge on any atom is 1.00 e. The van der Waals surface area contributed by atoms with E-state index in [0.717, 1.165) is 10.1 Å². The van der Waals surface area contributed by atoms with Gasteiger partial charge in [0, 0.05) is 11.8 Å². The van der Waals surface area contributed by atoms with Crippen molar-refractivity contribution in [3.05, 3.63) is 30.5 Å². The topological polar surface area (TPSA) is 17.8 Å². The molecule has 0 N–H and O–H groups in total. The van der Waals surface area contributed by atoms with Crippen molar-refractivity contribution >= 4 is 17.9 Å². The first-order valence-electron chi connectivity index (χ1n) is 4.18. The van der Waals surface area contributed by atoms with E-state index >= 15 is 0 Å². The Balaban J connectivity index is 0.00000112. The first-order valence-corrected chi connectivity index (χ1v) is 4.18. The van der Waals surface area contributed by atoms with E-state index in [0.29, 0.717) is 5.52 Å².